The van der Waals surface area contributed by atoms with E-state index in [0.717, 1.165) is 0 Å². The van der Waals surface area contributed by atoms with Gasteiger partial charge >= 0.3 is 5.97 Å². The van der Waals surface area contributed by atoms with Crippen LogP contribution in [-0.4, -0.2) is 72.0 Å². The van der Waals surface area contributed by atoms with Gasteiger partial charge in [-0.3, -0.25) is 9.59 Å². The number of aldehydes is 1. The molecule has 0 bridgehead atoms. The van der Waals surface area contributed by atoms with Gasteiger partial charge in [0.25, 0.3) is 0 Å². The van der Waals surface area contributed by atoms with Crippen LogP contribution >= 0.6 is 0 Å². The molecule has 0 aliphatic carbocycles. The quantitative estimate of drug-likeness (QED) is 0.0808. The number of benzene rings is 1. The van der Waals surface area contributed by atoms with Crippen LogP contribution in [0.25, 0.3) is 0 Å². The number of rotatable bonds is 15. The number of phenols is 2. The van der Waals surface area contributed by atoms with Gasteiger partial charge in [0.1, 0.15) is 6.29 Å². The van der Waals surface area contributed by atoms with Crippen LogP contribution in [0.2, 0.25) is 0 Å². The summed E-state index contributed by atoms with van der Waals surface area (Å²) in [5.74, 6) is -1.60. The molecule has 0 fully saturated rings. The minimum atomic E-state index is -1.20. The van der Waals surface area contributed by atoms with Crippen LogP contribution in [0.15, 0.2) is 29.8 Å². The van der Waals surface area contributed by atoms with Gasteiger partial charge in [-0.15, -0.1) is 0 Å². The highest BCUT2D eigenvalue weighted by Crippen LogP contribution is 2.25. The Morgan fingerprint density at radius 1 is 1.13 bits per heavy atom. The van der Waals surface area contributed by atoms with E-state index >= 15 is 0 Å². The predicted molar refractivity (Wildman–Crippen MR) is 107 cm³/mol. The van der Waals surface area contributed by atoms with Crippen molar-refractivity contribution in [3.8, 4) is 11.5 Å². The lowest BCUT2D eigenvalue weighted by Crippen LogP contribution is -2.24. The smallest absolute Gasteiger partial charge is 0.306 e. The maximum absolute atomic E-state index is 12.2. The molecule has 0 aliphatic rings. The maximum atomic E-state index is 12.2. The van der Waals surface area contributed by atoms with Crippen molar-refractivity contribution in [3.05, 3.63) is 35.4 Å². The molecule has 1 rings (SSSR count). The maximum Gasteiger partial charge on any atom is 0.306 e. The third kappa shape index (κ3) is 9.84. The summed E-state index contributed by atoms with van der Waals surface area (Å²) in [7, 11) is 0. The van der Waals surface area contributed by atoms with E-state index in [-0.39, 0.29) is 57.4 Å². The number of aromatic hydroxyl groups is 2. The number of carbonyl (C=O) groups excluding carboxylic acids is 2. The molecular weight excluding hydrogens is 396 g/mol. The van der Waals surface area contributed by atoms with Gasteiger partial charge in [-0.2, -0.15) is 0 Å². The van der Waals surface area contributed by atoms with Crippen molar-refractivity contribution in [1.82, 2.24) is 0 Å². The fourth-order valence-electron chi connectivity index (χ4n) is 2.73. The van der Waals surface area contributed by atoms with Gasteiger partial charge in [0.05, 0.1) is 39.5 Å². The number of allylic oxidation sites excluding steroid dienone is 2. The Hall–Kier alpha value is -2.46. The molecule has 1 unspecified atom stereocenters. The van der Waals surface area contributed by atoms with Gasteiger partial charge in [-0.1, -0.05) is 12.1 Å². The van der Waals surface area contributed by atoms with Crippen molar-refractivity contribution in [2.45, 2.75) is 32.5 Å². The Labute approximate surface area is 175 Å². The molecule has 4 N–H and O–H groups in total. The lowest BCUT2D eigenvalue weighted by atomic mass is 9.92. The molecule has 9 heteroatoms. The number of aliphatic hydroxyl groups is 2. The van der Waals surface area contributed by atoms with E-state index in [1.807, 2.05) is 0 Å². The third-order valence-electron chi connectivity index (χ3n) is 4.31. The summed E-state index contributed by atoms with van der Waals surface area (Å²) in [6.07, 6.45) is 1.26. The van der Waals surface area contributed by atoms with Crippen LogP contribution in [0.1, 0.15) is 25.3 Å². The molecule has 1 aromatic rings. The second-order valence-electron chi connectivity index (χ2n) is 6.50. The van der Waals surface area contributed by atoms with Crippen LogP contribution in [0, 0.1) is 5.92 Å². The number of aliphatic hydroxyl groups excluding tert-OH is 2. The molecule has 0 aromatic heterocycles. The Bertz CT molecular complexity index is 687. The summed E-state index contributed by atoms with van der Waals surface area (Å²) < 4.78 is 15.4. The SMILES string of the molecule is C/C=C(/C=O)[C@H](CC(=O)OCCc1ccc(O)c(O)c1)CC(O)OCCOCCO. The van der Waals surface area contributed by atoms with Crippen LogP contribution in [0.3, 0.4) is 0 Å². The zero-order valence-corrected chi connectivity index (χ0v) is 17.0. The Balaban J connectivity index is 2.50. The van der Waals surface area contributed by atoms with E-state index < -0.39 is 18.2 Å². The van der Waals surface area contributed by atoms with E-state index in [0.29, 0.717) is 23.8 Å². The number of hydrogen-bond donors (Lipinski definition) is 4. The number of hydrogen-bond acceptors (Lipinski definition) is 9. The minimum Gasteiger partial charge on any atom is -0.504 e. The fourth-order valence-corrected chi connectivity index (χ4v) is 2.73. The Morgan fingerprint density at radius 3 is 2.53 bits per heavy atom. The minimum absolute atomic E-state index is 0.0271. The summed E-state index contributed by atoms with van der Waals surface area (Å²) in [5.41, 5.74) is 1.04. The zero-order chi connectivity index (χ0) is 22.4. The molecule has 0 spiro atoms. The van der Waals surface area contributed by atoms with Gasteiger partial charge in [0.2, 0.25) is 0 Å². The first-order valence-electron chi connectivity index (χ1n) is 9.67. The van der Waals surface area contributed by atoms with Crippen LogP contribution in [-0.2, 0) is 30.2 Å². The normalized spacial score (nSPS) is 13.6. The predicted octanol–water partition coefficient (Wildman–Crippen LogP) is 1.07. The van der Waals surface area contributed by atoms with Gasteiger partial charge in [-0.05, 0) is 30.2 Å². The molecule has 0 saturated carbocycles. The first-order valence-corrected chi connectivity index (χ1v) is 9.67. The molecule has 0 heterocycles. The van der Waals surface area contributed by atoms with Gasteiger partial charge < -0.3 is 34.6 Å². The summed E-state index contributed by atoms with van der Waals surface area (Å²) >= 11 is 0. The number of esters is 1. The lowest BCUT2D eigenvalue weighted by molar-refractivity contribution is -0.146. The third-order valence-corrected chi connectivity index (χ3v) is 4.31. The van der Waals surface area contributed by atoms with E-state index in [1.54, 1.807) is 19.1 Å². The van der Waals surface area contributed by atoms with Crippen LogP contribution in [0.4, 0.5) is 0 Å². The zero-order valence-electron chi connectivity index (χ0n) is 17.0. The molecule has 30 heavy (non-hydrogen) atoms. The van der Waals surface area contributed by atoms with Crippen LogP contribution in [0.5, 0.6) is 11.5 Å². The average Bonchev–Trinajstić information content (AvgIpc) is 2.71. The highest BCUT2D eigenvalue weighted by atomic mass is 16.6. The molecule has 0 amide bonds. The van der Waals surface area contributed by atoms with Gasteiger partial charge in [-0.25, -0.2) is 0 Å². The summed E-state index contributed by atoms with van der Waals surface area (Å²) in [6.45, 7) is 2.08. The summed E-state index contributed by atoms with van der Waals surface area (Å²) in [6, 6.07) is 4.34. The number of phenolic OH excluding ortho intramolecular Hbond substituents is 2. The largest absolute Gasteiger partial charge is 0.504 e. The molecule has 0 aliphatic heterocycles. The molecule has 168 valence electrons. The fraction of sp³-hybridized carbons (Fsp3) is 0.524. The van der Waals surface area contributed by atoms with Gasteiger partial charge in [0, 0.05) is 18.8 Å². The Morgan fingerprint density at radius 2 is 1.90 bits per heavy atom. The number of carbonyl (C=O) groups is 2. The topological polar surface area (TPSA) is 143 Å². The van der Waals surface area contributed by atoms with E-state index in [9.17, 15) is 24.9 Å². The second-order valence-corrected chi connectivity index (χ2v) is 6.50. The second kappa shape index (κ2) is 14.5. The standard InChI is InChI=1S/C21H30O9/c1-2-16(14-23)17(13-21(27)30-10-9-28-8-6-22)12-20(26)29-7-5-15-3-4-18(24)19(25)11-15/h2-4,11,14,17,21-22,24-25,27H,5-10,12-13H2,1H3/b16-2-/t17-,21?/m1/s1. The molecular formula is C21H30O9. The van der Waals surface area contributed by atoms with Crippen molar-refractivity contribution < 1.29 is 44.2 Å². The monoisotopic (exact) mass is 426 g/mol. The molecule has 0 saturated heterocycles. The van der Waals surface area contributed by atoms with Crippen molar-refractivity contribution in [1.29, 1.82) is 0 Å². The van der Waals surface area contributed by atoms with Gasteiger partial charge in [0.15, 0.2) is 17.8 Å². The van der Waals surface area contributed by atoms with Crippen molar-refractivity contribution in [3.63, 3.8) is 0 Å². The van der Waals surface area contributed by atoms with Crippen molar-refractivity contribution in [2.24, 2.45) is 5.92 Å². The number of ether oxygens (including phenoxy) is 3. The van der Waals surface area contributed by atoms with Crippen LogP contribution < -0.4 is 0 Å². The highest BCUT2D eigenvalue weighted by Gasteiger charge is 2.22. The average molecular weight is 426 g/mol. The van der Waals surface area contributed by atoms with E-state index in [4.69, 9.17) is 19.3 Å². The van der Waals surface area contributed by atoms with Crippen molar-refractivity contribution >= 4 is 12.3 Å². The summed E-state index contributed by atoms with van der Waals surface area (Å²) in [5, 5.41) is 37.4. The Kier molecular flexibility index (Phi) is 12.4. The van der Waals surface area contributed by atoms with E-state index in [1.165, 1.54) is 12.1 Å². The summed E-state index contributed by atoms with van der Waals surface area (Å²) in [4.78, 5) is 23.5. The molecule has 9 nitrogen and oxygen atoms in total. The molecule has 2 atom stereocenters. The van der Waals surface area contributed by atoms with E-state index in [2.05, 4.69) is 0 Å². The first kappa shape index (κ1) is 25.6. The first-order chi connectivity index (χ1) is 14.4. The highest BCUT2D eigenvalue weighted by molar-refractivity contribution is 5.77. The lowest BCUT2D eigenvalue weighted by Gasteiger charge is -2.20. The molecule has 0 radical (unpaired) electrons. The van der Waals surface area contributed by atoms with Crippen molar-refractivity contribution in [2.75, 3.05) is 33.0 Å². The molecule has 1 aromatic carbocycles.